The summed E-state index contributed by atoms with van der Waals surface area (Å²) in [6, 6.07) is 5.06. The Morgan fingerprint density at radius 1 is 1.12 bits per heavy atom. The van der Waals surface area contributed by atoms with Gasteiger partial charge in [-0.25, -0.2) is 8.78 Å². The predicted molar refractivity (Wildman–Crippen MR) is 137 cm³/mol. The van der Waals surface area contributed by atoms with Crippen LogP contribution in [0.5, 0.6) is 0 Å². The summed E-state index contributed by atoms with van der Waals surface area (Å²) in [7, 11) is 0. The highest BCUT2D eigenvalue weighted by Gasteiger charge is 2.65. The van der Waals surface area contributed by atoms with Gasteiger partial charge in [-0.1, -0.05) is 18.9 Å². The standard InChI is InChI=1S/C25H36F2N4O.HI/c1-2-28-24(30-22-19-9-14-32-23(19)25(22)10-3-4-11-25)29-18-7-12-31(13-8-18)16-17-5-6-20(26)21(27)15-17;/h5-6,15,18-19,22-23H,2-4,7-14,16H2,1H3,(H2,28,29,30);1H. The Hall–Kier alpha value is -1.00. The first kappa shape index (κ1) is 25.1. The van der Waals surface area contributed by atoms with Crippen LogP contribution >= 0.6 is 24.0 Å². The Morgan fingerprint density at radius 2 is 1.88 bits per heavy atom. The zero-order valence-electron chi connectivity index (χ0n) is 19.5. The number of nitrogens with zero attached hydrogens (tertiary/aromatic N) is 2. The lowest BCUT2D eigenvalue weighted by Crippen LogP contribution is -2.69. The monoisotopic (exact) mass is 574 g/mol. The van der Waals surface area contributed by atoms with E-state index in [1.807, 2.05) is 0 Å². The van der Waals surface area contributed by atoms with Gasteiger partial charge in [0.1, 0.15) is 0 Å². The molecule has 4 aliphatic rings. The van der Waals surface area contributed by atoms with E-state index in [1.54, 1.807) is 6.07 Å². The van der Waals surface area contributed by atoms with Gasteiger partial charge in [0.15, 0.2) is 17.6 Å². The minimum absolute atomic E-state index is 0. The van der Waals surface area contributed by atoms with Gasteiger partial charge in [-0.2, -0.15) is 0 Å². The van der Waals surface area contributed by atoms with Crippen LogP contribution in [0.25, 0.3) is 0 Å². The van der Waals surface area contributed by atoms with Gasteiger partial charge in [-0.15, -0.1) is 24.0 Å². The van der Waals surface area contributed by atoms with Crippen LogP contribution in [0.1, 0.15) is 57.4 Å². The highest BCUT2D eigenvalue weighted by Crippen LogP contribution is 2.60. The molecule has 2 aliphatic heterocycles. The summed E-state index contributed by atoms with van der Waals surface area (Å²) < 4.78 is 32.8. The first-order valence-electron chi connectivity index (χ1n) is 12.4. The normalized spacial score (nSPS) is 29.4. The van der Waals surface area contributed by atoms with E-state index in [9.17, 15) is 8.78 Å². The summed E-state index contributed by atoms with van der Waals surface area (Å²) in [5.41, 5.74) is 1.14. The highest BCUT2D eigenvalue weighted by atomic mass is 127. The molecule has 1 aromatic carbocycles. The number of hydrogen-bond donors (Lipinski definition) is 2. The average molecular weight is 574 g/mol. The van der Waals surface area contributed by atoms with E-state index in [0.717, 1.165) is 57.0 Å². The minimum atomic E-state index is -0.784. The smallest absolute Gasteiger partial charge is 0.191 e. The Bertz CT molecular complexity index is 840. The summed E-state index contributed by atoms with van der Waals surface area (Å²) in [4.78, 5) is 7.09. The predicted octanol–water partition coefficient (Wildman–Crippen LogP) is 4.45. The van der Waals surface area contributed by atoms with Crippen LogP contribution in [0, 0.1) is 23.0 Å². The van der Waals surface area contributed by atoms with E-state index in [4.69, 9.17) is 9.73 Å². The number of benzene rings is 1. The van der Waals surface area contributed by atoms with Crippen LogP contribution in [-0.2, 0) is 11.3 Å². The van der Waals surface area contributed by atoms with Gasteiger partial charge in [0, 0.05) is 56.2 Å². The molecule has 4 fully saturated rings. The summed E-state index contributed by atoms with van der Waals surface area (Å²) in [6.07, 6.45) is 8.81. The van der Waals surface area contributed by atoms with Crippen molar-refractivity contribution in [1.82, 2.24) is 15.5 Å². The molecule has 0 aromatic heterocycles. The number of likely N-dealkylation sites (tertiary alicyclic amines) is 1. The van der Waals surface area contributed by atoms with Gasteiger partial charge < -0.3 is 15.4 Å². The lowest BCUT2D eigenvalue weighted by molar-refractivity contribution is -0.125. The molecular formula is C25H37F2IN4O. The van der Waals surface area contributed by atoms with E-state index < -0.39 is 11.6 Å². The van der Waals surface area contributed by atoms with Gasteiger partial charge in [0.25, 0.3) is 0 Å². The molecule has 2 aliphatic carbocycles. The number of nitrogens with one attached hydrogen (secondary N) is 2. The zero-order chi connectivity index (χ0) is 22.1. The van der Waals surface area contributed by atoms with Crippen LogP contribution in [0.2, 0.25) is 0 Å². The fraction of sp³-hybridized carbons (Fsp3) is 0.720. The van der Waals surface area contributed by atoms with Crippen molar-refractivity contribution < 1.29 is 13.5 Å². The largest absolute Gasteiger partial charge is 0.377 e. The third-order valence-electron chi connectivity index (χ3n) is 8.21. The summed E-state index contributed by atoms with van der Waals surface area (Å²) in [5.74, 6) is 0.0211. The van der Waals surface area contributed by atoms with E-state index in [-0.39, 0.29) is 24.0 Å². The molecule has 0 amide bonds. The molecule has 3 unspecified atom stereocenters. The number of piperidine rings is 1. The van der Waals surface area contributed by atoms with Crippen LogP contribution in [-0.4, -0.2) is 55.3 Å². The van der Waals surface area contributed by atoms with E-state index in [2.05, 4.69) is 22.5 Å². The molecule has 2 saturated heterocycles. The number of ether oxygens (including phenoxy) is 1. The second-order valence-electron chi connectivity index (χ2n) is 10.1. The minimum Gasteiger partial charge on any atom is -0.377 e. The summed E-state index contributed by atoms with van der Waals surface area (Å²) >= 11 is 0. The van der Waals surface area contributed by atoms with Crippen LogP contribution in [0.3, 0.4) is 0 Å². The number of guanidine groups is 1. The van der Waals surface area contributed by atoms with Crippen molar-refractivity contribution in [2.45, 2.75) is 76.6 Å². The molecule has 2 N–H and O–H groups in total. The van der Waals surface area contributed by atoms with Crippen LogP contribution < -0.4 is 10.6 Å². The fourth-order valence-corrected chi connectivity index (χ4v) is 6.67. The lowest BCUT2D eigenvalue weighted by atomic mass is 9.54. The van der Waals surface area contributed by atoms with Crippen molar-refractivity contribution in [1.29, 1.82) is 0 Å². The van der Waals surface area contributed by atoms with Gasteiger partial charge in [0.2, 0.25) is 0 Å². The average Bonchev–Trinajstić information content (AvgIpc) is 3.45. The number of aliphatic imine (C=N–C) groups is 1. The quantitative estimate of drug-likeness (QED) is 0.310. The summed E-state index contributed by atoms with van der Waals surface area (Å²) in [5, 5.41) is 7.54. The highest BCUT2D eigenvalue weighted by molar-refractivity contribution is 14.0. The Kier molecular flexibility index (Phi) is 8.16. The molecule has 8 heteroatoms. The van der Waals surface area contributed by atoms with Gasteiger partial charge >= 0.3 is 0 Å². The van der Waals surface area contributed by atoms with Crippen molar-refractivity contribution in [2.75, 3.05) is 26.2 Å². The second kappa shape index (κ2) is 10.7. The number of halogens is 3. The molecule has 184 valence electrons. The number of rotatable bonds is 5. The Morgan fingerprint density at radius 3 is 2.58 bits per heavy atom. The molecule has 2 heterocycles. The molecule has 0 radical (unpaired) electrons. The van der Waals surface area contributed by atoms with Crippen molar-refractivity contribution in [3.63, 3.8) is 0 Å². The first-order chi connectivity index (χ1) is 15.6. The maximum Gasteiger partial charge on any atom is 0.191 e. The molecule has 0 bridgehead atoms. The molecule has 1 aromatic rings. The first-order valence-corrected chi connectivity index (χ1v) is 12.4. The van der Waals surface area contributed by atoms with Crippen molar-refractivity contribution in [2.24, 2.45) is 16.3 Å². The van der Waals surface area contributed by atoms with Crippen LogP contribution in [0.4, 0.5) is 8.78 Å². The second-order valence-corrected chi connectivity index (χ2v) is 10.1. The number of hydrogen-bond acceptors (Lipinski definition) is 3. The Labute approximate surface area is 213 Å². The van der Waals surface area contributed by atoms with Gasteiger partial charge in [0.05, 0.1) is 6.10 Å². The van der Waals surface area contributed by atoms with Gasteiger partial charge in [-0.3, -0.25) is 9.89 Å². The lowest BCUT2D eigenvalue weighted by Gasteiger charge is -2.57. The van der Waals surface area contributed by atoms with Crippen LogP contribution in [0.15, 0.2) is 23.2 Å². The molecule has 1 spiro atoms. The molecule has 5 nitrogen and oxygen atoms in total. The summed E-state index contributed by atoms with van der Waals surface area (Å²) in [6.45, 7) is 6.27. The van der Waals surface area contributed by atoms with Crippen molar-refractivity contribution in [3.8, 4) is 0 Å². The van der Waals surface area contributed by atoms with Gasteiger partial charge in [-0.05, 0) is 56.7 Å². The van der Waals surface area contributed by atoms with E-state index >= 15 is 0 Å². The molecule has 5 rings (SSSR count). The maximum absolute atomic E-state index is 13.5. The SMILES string of the molecule is CCN=C(NC1CCN(Cc2ccc(F)c(F)c2)CC1)NC1C2CCOC2C12CCCC2.I. The van der Waals surface area contributed by atoms with Crippen molar-refractivity contribution in [3.05, 3.63) is 35.4 Å². The molecular weight excluding hydrogens is 537 g/mol. The zero-order valence-corrected chi connectivity index (χ0v) is 21.8. The third-order valence-corrected chi connectivity index (χ3v) is 8.21. The maximum atomic E-state index is 13.5. The third kappa shape index (κ3) is 5.03. The van der Waals surface area contributed by atoms with E-state index in [1.165, 1.54) is 37.8 Å². The fourth-order valence-electron chi connectivity index (χ4n) is 6.67. The molecule has 33 heavy (non-hydrogen) atoms. The molecule has 3 atom stereocenters. The van der Waals surface area contributed by atoms with E-state index in [0.29, 0.717) is 36.1 Å². The molecule has 2 saturated carbocycles. The number of fused-ring (bicyclic) bond motifs is 2. The Balaban J connectivity index is 0.00000259. The van der Waals surface area contributed by atoms with Crippen molar-refractivity contribution >= 4 is 29.9 Å². The topological polar surface area (TPSA) is 48.9 Å².